The lowest BCUT2D eigenvalue weighted by Crippen LogP contribution is -2.50. The lowest BCUT2D eigenvalue weighted by Gasteiger charge is -2.38. The van der Waals surface area contributed by atoms with Gasteiger partial charge >= 0.3 is 0 Å². The molecule has 1 saturated carbocycles. The normalized spacial score (nSPS) is 36.4. The lowest BCUT2D eigenvalue weighted by atomic mass is 9.78. The molecule has 0 radical (unpaired) electrons. The molecule has 3 atom stereocenters. The molecule has 1 fully saturated rings. The standard InChI is InChI=1S/C14H24N2O2/c1-4-6-11-12(17)16-13(15-11)14(18-3)8-5-7-10(2)9-14/h10-11H,4-9H2,1-3H3,(H,15,16,17). The van der Waals surface area contributed by atoms with Crippen molar-refractivity contribution in [2.75, 3.05) is 7.11 Å². The number of nitrogens with one attached hydrogen (secondary N) is 1. The van der Waals surface area contributed by atoms with Crippen LogP contribution in [0.2, 0.25) is 0 Å². The monoisotopic (exact) mass is 252 g/mol. The molecule has 1 heterocycles. The maximum Gasteiger partial charge on any atom is 0.250 e. The van der Waals surface area contributed by atoms with Gasteiger partial charge in [0, 0.05) is 7.11 Å². The van der Waals surface area contributed by atoms with Crippen LogP contribution < -0.4 is 5.32 Å². The minimum atomic E-state index is -0.351. The van der Waals surface area contributed by atoms with E-state index < -0.39 is 0 Å². The van der Waals surface area contributed by atoms with Crippen LogP contribution in [0.3, 0.4) is 0 Å². The number of hydrogen-bond acceptors (Lipinski definition) is 3. The van der Waals surface area contributed by atoms with Gasteiger partial charge in [-0.1, -0.05) is 26.7 Å². The van der Waals surface area contributed by atoms with E-state index in [1.807, 2.05) is 0 Å². The largest absolute Gasteiger partial charge is 0.370 e. The number of ether oxygens (including phenoxy) is 1. The topological polar surface area (TPSA) is 50.7 Å². The molecular formula is C14H24N2O2. The molecule has 18 heavy (non-hydrogen) atoms. The Morgan fingerprint density at radius 3 is 2.94 bits per heavy atom. The maximum atomic E-state index is 11.9. The van der Waals surface area contributed by atoms with Gasteiger partial charge in [0.25, 0.3) is 0 Å². The molecule has 0 aromatic heterocycles. The van der Waals surface area contributed by atoms with Gasteiger partial charge in [-0.05, 0) is 31.6 Å². The first-order valence-electron chi connectivity index (χ1n) is 7.05. The molecule has 4 heteroatoms. The second kappa shape index (κ2) is 5.39. The number of carbonyl (C=O) groups is 1. The van der Waals surface area contributed by atoms with Crippen molar-refractivity contribution in [3.63, 3.8) is 0 Å². The van der Waals surface area contributed by atoms with Gasteiger partial charge < -0.3 is 10.1 Å². The van der Waals surface area contributed by atoms with Gasteiger partial charge in [0.15, 0.2) is 0 Å². The van der Waals surface area contributed by atoms with E-state index in [-0.39, 0.29) is 17.6 Å². The van der Waals surface area contributed by atoms with Crippen molar-refractivity contribution >= 4 is 11.7 Å². The summed E-state index contributed by atoms with van der Waals surface area (Å²) in [7, 11) is 1.74. The van der Waals surface area contributed by atoms with E-state index >= 15 is 0 Å². The molecule has 0 saturated heterocycles. The molecule has 0 aromatic carbocycles. The Bertz CT molecular complexity index is 354. The van der Waals surface area contributed by atoms with Crippen LogP contribution in [0, 0.1) is 5.92 Å². The maximum absolute atomic E-state index is 11.9. The Labute approximate surface area is 109 Å². The summed E-state index contributed by atoms with van der Waals surface area (Å²) < 4.78 is 5.76. The molecule has 2 aliphatic rings. The average Bonchev–Trinajstić information content (AvgIpc) is 2.72. The van der Waals surface area contributed by atoms with Crippen LogP contribution in [-0.4, -0.2) is 30.5 Å². The van der Waals surface area contributed by atoms with E-state index in [1.54, 1.807) is 7.11 Å². The third kappa shape index (κ3) is 2.44. The number of hydrogen-bond donors (Lipinski definition) is 1. The van der Waals surface area contributed by atoms with Crippen LogP contribution in [0.15, 0.2) is 4.99 Å². The fraction of sp³-hybridized carbons (Fsp3) is 0.857. The Morgan fingerprint density at radius 1 is 1.56 bits per heavy atom. The molecule has 1 amide bonds. The predicted molar refractivity (Wildman–Crippen MR) is 71.6 cm³/mol. The van der Waals surface area contributed by atoms with Crippen LogP contribution in [0.5, 0.6) is 0 Å². The van der Waals surface area contributed by atoms with Gasteiger partial charge in [0.1, 0.15) is 17.5 Å². The summed E-state index contributed by atoms with van der Waals surface area (Å²) in [6.45, 7) is 4.32. The molecule has 102 valence electrons. The Kier molecular flexibility index (Phi) is 4.05. The van der Waals surface area contributed by atoms with Gasteiger partial charge in [-0.25, -0.2) is 0 Å². The molecule has 1 aliphatic carbocycles. The van der Waals surface area contributed by atoms with Crippen LogP contribution in [0.1, 0.15) is 52.4 Å². The van der Waals surface area contributed by atoms with Gasteiger partial charge in [0.05, 0.1) is 0 Å². The van der Waals surface area contributed by atoms with Crippen molar-refractivity contribution in [3.8, 4) is 0 Å². The van der Waals surface area contributed by atoms with Crippen molar-refractivity contribution < 1.29 is 9.53 Å². The molecule has 3 unspecified atom stereocenters. The molecule has 4 nitrogen and oxygen atoms in total. The molecule has 2 rings (SSSR count). The molecule has 1 N–H and O–H groups in total. The smallest absolute Gasteiger partial charge is 0.250 e. The highest BCUT2D eigenvalue weighted by atomic mass is 16.5. The van der Waals surface area contributed by atoms with Crippen LogP contribution in [0.4, 0.5) is 0 Å². The number of rotatable bonds is 4. The highest BCUT2D eigenvalue weighted by Crippen LogP contribution is 2.36. The quantitative estimate of drug-likeness (QED) is 0.834. The van der Waals surface area contributed by atoms with E-state index in [0.717, 1.165) is 37.9 Å². The summed E-state index contributed by atoms with van der Waals surface area (Å²) in [5.41, 5.74) is -0.351. The van der Waals surface area contributed by atoms with Crippen LogP contribution in [-0.2, 0) is 9.53 Å². The van der Waals surface area contributed by atoms with Gasteiger partial charge in [-0.15, -0.1) is 0 Å². The van der Waals surface area contributed by atoms with Crippen LogP contribution in [0.25, 0.3) is 0 Å². The fourth-order valence-electron chi connectivity index (χ4n) is 3.15. The van der Waals surface area contributed by atoms with Gasteiger partial charge in [-0.3, -0.25) is 9.79 Å². The SMILES string of the molecule is CCCC1N=C(C2(OC)CCCC(C)C2)NC1=O. The highest BCUT2D eigenvalue weighted by Gasteiger charge is 2.44. The number of carbonyl (C=O) groups excluding carboxylic acids is 1. The van der Waals surface area contributed by atoms with E-state index in [4.69, 9.17) is 4.74 Å². The highest BCUT2D eigenvalue weighted by molar-refractivity contribution is 6.09. The number of aliphatic imine (C=N–C) groups is 1. The number of methoxy groups -OCH3 is 1. The zero-order valence-corrected chi connectivity index (χ0v) is 11.7. The van der Waals surface area contributed by atoms with Crippen molar-refractivity contribution in [2.45, 2.75) is 64.0 Å². The summed E-state index contributed by atoms with van der Waals surface area (Å²) in [6, 6.07) is -0.200. The van der Waals surface area contributed by atoms with E-state index in [9.17, 15) is 4.79 Å². The molecule has 1 aliphatic heterocycles. The van der Waals surface area contributed by atoms with E-state index in [0.29, 0.717) is 5.92 Å². The summed E-state index contributed by atoms with van der Waals surface area (Å²) in [5, 5.41) is 2.96. The molecular weight excluding hydrogens is 228 g/mol. The van der Waals surface area contributed by atoms with E-state index in [2.05, 4.69) is 24.2 Å². The van der Waals surface area contributed by atoms with E-state index in [1.165, 1.54) is 6.42 Å². The molecule has 0 spiro atoms. The Balaban J connectivity index is 2.18. The van der Waals surface area contributed by atoms with Gasteiger partial charge in [0.2, 0.25) is 5.91 Å². The van der Waals surface area contributed by atoms with Crippen molar-refractivity contribution in [1.82, 2.24) is 5.32 Å². The number of amidine groups is 1. The summed E-state index contributed by atoms with van der Waals surface area (Å²) in [4.78, 5) is 16.5. The summed E-state index contributed by atoms with van der Waals surface area (Å²) >= 11 is 0. The zero-order chi connectivity index (χ0) is 13.2. The second-order valence-electron chi connectivity index (χ2n) is 5.67. The lowest BCUT2D eigenvalue weighted by molar-refractivity contribution is -0.120. The number of amides is 1. The number of nitrogens with zero attached hydrogens (tertiary/aromatic N) is 1. The van der Waals surface area contributed by atoms with Gasteiger partial charge in [-0.2, -0.15) is 0 Å². The fourth-order valence-corrected chi connectivity index (χ4v) is 3.15. The Morgan fingerprint density at radius 2 is 2.33 bits per heavy atom. The minimum absolute atomic E-state index is 0.0431. The van der Waals surface area contributed by atoms with Crippen molar-refractivity contribution in [1.29, 1.82) is 0 Å². The first-order valence-corrected chi connectivity index (χ1v) is 7.05. The third-order valence-corrected chi connectivity index (χ3v) is 4.17. The average molecular weight is 252 g/mol. The zero-order valence-electron chi connectivity index (χ0n) is 11.7. The second-order valence-corrected chi connectivity index (χ2v) is 5.67. The van der Waals surface area contributed by atoms with Crippen molar-refractivity contribution in [2.24, 2.45) is 10.9 Å². The Hall–Kier alpha value is -0.900. The summed E-state index contributed by atoms with van der Waals surface area (Å²) in [5.74, 6) is 1.45. The van der Waals surface area contributed by atoms with Crippen LogP contribution >= 0.6 is 0 Å². The third-order valence-electron chi connectivity index (χ3n) is 4.17. The minimum Gasteiger partial charge on any atom is -0.370 e. The molecule has 0 aromatic rings. The first-order chi connectivity index (χ1) is 8.61. The first kappa shape index (κ1) is 13.5. The predicted octanol–water partition coefficient (Wildman–Crippen LogP) is 2.28. The summed E-state index contributed by atoms with van der Waals surface area (Å²) in [6.07, 6.45) is 6.11. The van der Waals surface area contributed by atoms with Crippen molar-refractivity contribution in [3.05, 3.63) is 0 Å². The molecule has 0 bridgehead atoms.